The fourth-order valence-electron chi connectivity index (χ4n) is 1.73. The molecule has 1 aliphatic rings. The Morgan fingerprint density at radius 1 is 1.56 bits per heavy atom. The highest BCUT2D eigenvalue weighted by molar-refractivity contribution is 5.77. The Balaban J connectivity index is 2.15. The first-order valence-corrected chi connectivity index (χ1v) is 5.70. The van der Waals surface area contributed by atoms with Gasteiger partial charge in [-0.15, -0.1) is 0 Å². The third kappa shape index (κ3) is 4.47. The van der Waals surface area contributed by atoms with Gasteiger partial charge >= 0.3 is 0 Å². The molecular formula is C11H23N3O2. The first-order chi connectivity index (χ1) is 7.41. The number of carbonyl (C=O) groups excluding carboxylic acids is 1. The van der Waals surface area contributed by atoms with Crippen LogP contribution in [0.5, 0.6) is 0 Å². The molecule has 1 atom stereocenters. The Morgan fingerprint density at radius 2 is 2.19 bits per heavy atom. The van der Waals surface area contributed by atoms with E-state index in [9.17, 15) is 4.79 Å². The van der Waals surface area contributed by atoms with Crippen LogP contribution in [0, 0.1) is 0 Å². The van der Waals surface area contributed by atoms with Crippen LogP contribution in [0.15, 0.2) is 0 Å². The van der Waals surface area contributed by atoms with E-state index >= 15 is 0 Å². The second-order valence-electron chi connectivity index (χ2n) is 5.07. The average molecular weight is 229 g/mol. The molecule has 1 saturated heterocycles. The summed E-state index contributed by atoms with van der Waals surface area (Å²) in [5.41, 5.74) is -0.151. The maximum Gasteiger partial charge on any atom is 0.246 e. The first kappa shape index (κ1) is 13.4. The van der Waals surface area contributed by atoms with Crippen molar-refractivity contribution >= 4 is 5.91 Å². The largest absolute Gasteiger partial charge is 0.363 e. The first-order valence-electron chi connectivity index (χ1n) is 5.70. The van der Waals surface area contributed by atoms with Crippen molar-refractivity contribution in [3.63, 3.8) is 0 Å². The zero-order valence-electron chi connectivity index (χ0n) is 10.7. The molecule has 0 saturated carbocycles. The van der Waals surface area contributed by atoms with Crippen molar-refractivity contribution in [2.75, 3.05) is 40.3 Å². The molecule has 94 valence electrons. The maximum atomic E-state index is 11.5. The Labute approximate surface area is 97.5 Å². The van der Waals surface area contributed by atoms with Crippen molar-refractivity contribution in [3.05, 3.63) is 0 Å². The number of hydrogen-bond acceptors (Lipinski definition) is 4. The van der Waals surface area contributed by atoms with Gasteiger partial charge in [0.05, 0.1) is 5.60 Å². The van der Waals surface area contributed by atoms with Gasteiger partial charge in [0, 0.05) is 25.7 Å². The van der Waals surface area contributed by atoms with E-state index in [4.69, 9.17) is 4.74 Å². The molecule has 16 heavy (non-hydrogen) atoms. The highest BCUT2D eigenvalue weighted by Gasteiger charge is 2.33. The van der Waals surface area contributed by atoms with Gasteiger partial charge < -0.3 is 20.3 Å². The number of nitrogens with one attached hydrogen (secondary N) is 2. The van der Waals surface area contributed by atoms with Crippen LogP contribution >= 0.6 is 0 Å². The van der Waals surface area contributed by atoms with Gasteiger partial charge in [-0.1, -0.05) is 0 Å². The molecule has 0 bridgehead atoms. The van der Waals surface area contributed by atoms with Crippen LogP contribution in [0.3, 0.4) is 0 Å². The molecule has 2 N–H and O–H groups in total. The minimum Gasteiger partial charge on any atom is -0.363 e. The molecule has 0 aliphatic carbocycles. The van der Waals surface area contributed by atoms with Gasteiger partial charge in [-0.3, -0.25) is 4.79 Å². The lowest BCUT2D eigenvalue weighted by atomic mass is 10.0. The zero-order chi connectivity index (χ0) is 12.2. The lowest BCUT2D eigenvalue weighted by Crippen LogP contribution is -2.59. The number of carbonyl (C=O) groups is 1. The fourth-order valence-corrected chi connectivity index (χ4v) is 1.73. The topological polar surface area (TPSA) is 53.6 Å². The third-order valence-corrected chi connectivity index (χ3v) is 2.60. The summed E-state index contributed by atoms with van der Waals surface area (Å²) in [6.45, 7) is 6.64. The van der Waals surface area contributed by atoms with Crippen molar-refractivity contribution in [2.45, 2.75) is 25.5 Å². The Kier molecular flexibility index (Phi) is 4.70. The van der Waals surface area contributed by atoms with E-state index in [1.165, 1.54) is 0 Å². The van der Waals surface area contributed by atoms with Crippen LogP contribution in [0.4, 0.5) is 0 Å². The molecule has 1 rings (SSSR count). The summed E-state index contributed by atoms with van der Waals surface area (Å²) in [7, 11) is 3.97. The molecule has 1 aliphatic heterocycles. The number of ether oxygens (including phenoxy) is 1. The quantitative estimate of drug-likeness (QED) is 0.640. The normalized spacial score (nSPS) is 20.3. The van der Waals surface area contributed by atoms with Crippen LogP contribution in [0.25, 0.3) is 0 Å². The summed E-state index contributed by atoms with van der Waals surface area (Å²) in [5.74, 6) is -0.0394. The molecule has 1 heterocycles. The van der Waals surface area contributed by atoms with Gasteiger partial charge in [-0.05, 0) is 27.9 Å². The molecule has 5 nitrogen and oxygen atoms in total. The lowest BCUT2D eigenvalue weighted by Gasteiger charge is -2.38. The van der Waals surface area contributed by atoms with Crippen molar-refractivity contribution < 1.29 is 9.53 Å². The van der Waals surface area contributed by atoms with Gasteiger partial charge in [0.1, 0.15) is 6.61 Å². The lowest BCUT2D eigenvalue weighted by molar-refractivity contribution is -0.136. The predicted octanol–water partition coefficient (Wildman–Crippen LogP) is -0.569. The summed E-state index contributed by atoms with van der Waals surface area (Å²) in [5, 5.41) is 6.03. The molecule has 0 radical (unpaired) electrons. The SMILES string of the molecule is CC(CN(C)C)NC(=O)COC1(C)CNC1. The van der Waals surface area contributed by atoms with E-state index in [0.29, 0.717) is 0 Å². The van der Waals surface area contributed by atoms with Crippen molar-refractivity contribution in [3.8, 4) is 0 Å². The van der Waals surface area contributed by atoms with Gasteiger partial charge in [0.15, 0.2) is 0 Å². The van der Waals surface area contributed by atoms with Gasteiger partial charge in [-0.2, -0.15) is 0 Å². The number of hydrogen-bond donors (Lipinski definition) is 2. The van der Waals surface area contributed by atoms with Gasteiger partial charge in [-0.25, -0.2) is 0 Å². The maximum absolute atomic E-state index is 11.5. The molecule has 1 amide bonds. The number of amides is 1. The molecule has 0 spiro atoms. The molecule has 0 aromatic heterocycles. The number of likely N-dealkylation sites (N-methyl/N-ethyl adjacent to an activating group) is 1. The number of rotatable bonds is 6. The molecule has 5 heteroatoms. The average Bonchev–Trinajstić information content (AvgIpc) is 2.10. The third-order valence-electron chi connectivity index (χ3n) is 2.60. The second-order valence-corrected chi connectivity index (χ2v) is 5.07. The van der Waals surface area contributed by atoms with Crippen LogP contribution in [0.2, 0.25) is 0 Å². The van der Waals surface area contributed by atoms with Gasteiger partial charge in [0.25, 0.3) is 0 Å². The van der Waals surface area contributed by atoms with E-state index in [1.807, 2.05) is 32.8 Å². The standard InChI is InChI=1S/C11H23N3O2/c1-9(5-14(3)4)13-10(15)6-16-11(2)7-12-8-11/h9,12H,5-8H2,1-4H3,(H,13,15). The highest BCUT2D eigenvalue weighted by atomic mass is 16.5. The Hall–Kier alpha value is -0.650. The molecule has 0 aromatic rings. The highest BCUT2D eigenvalue weighted by Crippen LogP contribution is 2.14. The number of nitrogens with zero attached hydrogens (tertiary/aromatic N) is 1. The van der Waals surface area contributed by atoms with E-state index in [-0.39, 0.29) is 24.2 Å². The van der Waals surface area contributed by atoms with Crippen LogP contribution < -0.4 is 10.6 Å². The summed E-state index contributed by atoms with van der Waals surface area (Å²) in [4.78, 5) is 13.6. The molecule has 1 unspecified atom stereocenters. The van der Waals surface area contributed by atoms with Crippen molar-refractivity contribution in [1.82, 2.24) is 15.5 Å². The van der Waals surface area contributed by atoms with Crippen molar-refractivity contribution in [2.24, 2.45) is 0 Å². The summed E-state index contributed by atoms with van der Waals surface area (Å²) < 4.78 is 5.54. The monoisotopic (exact) mass is 229 g/mol. The van der Waals surface area contributed by atoms with Crippen LogP contribution in [0.1, 0.15) is 13.8 Å². The minimum atomic E-state index is -0.151. The minimum absolute atomic E-state index is 0.0394. The second kappa shape index (κ2) is 5.61. The fraction of sp³-hybridized carbons (Fsp3) is 0.909. The van der Waals surface area contributed by atoms with Crippen LogP contribution in [-0.2, 0) is 9.53 Å². The van der Waals surface area contributed by atoms with E-state index in [2.05, 4.69) is 10.6 Å². The van der Waals surface area contributed by atoms with E-state index in [1.54, 1.807) is 0 Å². The molecular weight excluding hydrogens is 206 g/mol. The van der Waals surface area contributed by atoms with Crippen molar-refractivity contribution in [1.29, 1.82) is 0 Å². The Morgan fingerprint density at radius 3 is 2.62 bits per heavy atom. The molecule has 0 aromatic carbocycles. The van der Waals surface area contributed by atoms with E-state index in [0.717, 1.165) is 19.6 Å². The van der Waals surface area contributed by atoms with E-state index < -0.39 is 0 Å². The summed E-state index contributed by atoms with van der Waals surface area (Å²) in [6.07, 6.45) is 0. The predicted molar refractivity (Wildman–Crippen MR) is 63.4 cm³/mol. The smallest absolute Gasteiger partial charge is 0.246 e. The Bertz CT molecular complexity index is 239. The molecule has 1 fully saturated rings. The summed E-state index contributed by atoms with van der Waals surface area (Å²) in [6, 6.07) is 0.151. The van der Waals surface area contributed by atoms with Gasteiger partial charge in [0.2, 0.25) is 5.91 Å². The zero-order valence-corrected chi connectivity index (χ0v) is 10.7. The van der Waals surface area contributed by atoms with Crippen LogP contribution in [-0.4, -0.2) is 62.8 Å². The summed E-state index contributed by atoms with van der Waals surface area (Å²) >= 11 is 0.